The van der Waals surface area contributed by atoms with Gasteiger partial charge in [-0.05, 0) is 19.4 Å². The van der Waals surface area contributed by atoms with Crippen molar-refractivity contribution < 1.29 is 10.0 Å². The topological polar surface area (TPSA) is 103 Å². The molecule has 9 heteroatoms. The number of para-hydroxylation sites is 2. The smallest absolute Gasteiger partial charge is 0.292 e. The zero-order chi connectivity index (χ0) is 16.7. The molecule has 1 aliphatic rings. The minimum Gasteiger partial charge on any atom is -0.391 e. The number of aliphatic imine (C=N–C) groups is 1. The second kappa shape index (κ2) is 10.3. The maximum atomic E-state index is 11.0. The van der Waals surface area contributed by atoms with Gasteiger partial charge in [0.2, 0.25) is 0 Å². The molecule has 0 aliphatic carbocycles. The summed E-state index contributed by atoms with van der Waals surface area (Å²) in [6, 6.07) is 6.56. The largest absolute Gasteiger partial charge is 0.391 e. The summed E-state index contributed by atoms with van der Waals surface area (Å²) in [6.07, 6.45) is 0.447. The highest BCUT2D eigenvalue weighted by molar-refractivity contribution is 14.0. The third-order valence-electron chi connectivity index (χ3n) is 3.59. The monoisotopic (exact) mass is 449 g/mol. The van der Waals surface area contributed by atoms with Gasteiger partial charge in [0, 0.05) is 32.2 Å². The fraction of sp³-hybridized carbons (Fsp3) is 0.533. The van der Waals surface area contributed by atoms with E-state index in [9.17, 15) is 15.2 Å². The van der Waals surface area contributed by atoms with E-state index < -0.39 is 4.92 Å². The first-order chi connectivity index (χ1) is 11.1. The number of aliphatic hydroxyl groups is 1. The highest BCUT2D eigenvalue weighted by Gasteiger charge is 2.22. The summed E-state index contributed by atoms with van der Waals surface area (Å²) in [4.78, 5) is 17.1. The molecule has 2 rings (SSSR count). The lowest BCUT2D eigenvalue weighted by molar-refractivity contribution is -0.384. The number of aliphatic hydroxyl groups excluding tert-OH is 1. The Balaban J connectivity index is 0.00000288. The van der Waals surface area contributed by atoms with Crippen molar-refractivity contribution in [3.8, 4) is 0 Å². The van der Waals surface area contributed by atoms with Crippen LogP contribution in [0.1, 0.15) is 13.3 Å². The molecule has 1 aromatic rings. The number of halogens is 1. The second-order valence-electron chi connectivity index (χ2n) is 5.33. The van der Waals surface area contributed by atoms with Crippen LogP contribution in [-0.4, -0.2) is 59.7 Å². The maximum Gasteiger partial charge on any atom is 0.292 e. The van der Waals surface area contributed by atoms with Crippen molar-refractivity contribution in [1.29, 1.82) is 0 Å². The van der Waals surface area contributed by atoms with Gasteiger partial charge in [-0.15, -0.1) is 24.0 Å². The zero-order valence-corrected chi connectivity index (χ0v) is 16.0. The van der Waals surface area contributed by atoms with Crippen molar-refractivity contribution in [2.75, 3.05) is 38.0 Å². The van der Waals surface area contributed by atoms with Crippen molar-refractivity contribution >= 4 is 41.3 Å². The van der Waals surface area contributed by atoms with Gasteiger partial charge in [0.05, 0.1) is 17.6 Å². The molecule has 8 nitrogen and oxygen atoms in total. The number of benzene rings is 1. The van der Waals surface area contributed by atoms with Gasteiger partial charge in [-0.25, -0.2) is 0 Å². The Morgan fingerprint density at radius 1 is 1.50 bits per heavy atom. The van der Waals surface area contributed by atoms with Gasteiger partial charge in [0.15, 0.2) is 5.96 Å². The Bertz CT molecular complexity index is 570. The Labute approximate surface area is 158 Å². The van der Waals surface area contributed by atoms with E-state index in [4.69, 9.17) is 0 Å². The van der Waals surface area contributed by atoms with E-state index in [1.807, 2.05) is 11.8 Å². The van der Waals surface area contributed by atoms with Crippen molar-refractivity contribution in [3.63, 3.8) is 0 Å². The normalized spacial score (nSPS) is 17.3. The molecule has 1 fully saturated rings. The third-order valence-corrected chi connectivity index (χ3v) is 3.59. The van der Waals surface area contributed by atoms with Crippen LogP contribution < -0.4 is 10.6 Å². The van der Waals surface area contributed by atoms with Crippen LogP contribution in [0.4, 0.5) is 11.4 Å². The molecule has 24 heavy (non-hydrogen) atoms. The quantitative estimate of drug-likeness (QED) is 0.153. The summed E-state index contributed by atoms with van der Waals surface area (Å²) in [5.41, 5.74) is 0.556. The van der Waals surface area contributed by atoms with E-state index in [1.165, 1.54) is 6.07 Å². The molecule has 0 unspecified atom stereocenters. The summed E-state index contributed by atoms with van der Waals surface area (Å²) in [5, 5.41) is 26.8. The Hall–Kier alpha value is -1.62. The van der Waals surface area contributed by atoms with Crippen LogP contribution in [-0.2, 0) is 0 Å². The number of guanidine groups is 1. The van der Waals surface area contributed by atoms with Crippen LogP contribution in [0, 0.1) is 10.1 Å². The molecule has 1 aromatic carbocycles. The van der Waals surface area contributed by atoms with E-state index in [2.05, 4.69) is 15.6 Å². The van der Waals surface area contributed by atoms with Gasteiger partial charge in [-0.3, -0.25) is 15.1 Å². The number of hydrogen-bond acceptors (Lipinski definition) is 5. The fourth-order valence-corrected chi connectivity index (χ4v) is 2.49. The van der Waals surface area contributed by atoms with Crippen molar-refractivity contribution in [3.05, 3.63) is 34.4 Å². The van der Waals surface area contributed by atoms with Gasteiger partial charge < -0.3 is 20.6 Å². The van der Waals surface area contributed by atoms with E-state index in [0.29, 0.717) is 25.3 Å². The number of hydrogen-bond donors (Lipinski definition) is 3. The molecule has 1 atom stereocenters. The van der Waals surface area contributed by atoms with Crippen LogP contribution in [0.5, 0.6) is 0 Å². The third kappa shape index (κ3) is 5.78. The fourth-order valence-electron chi connectivity index (χ4n) is 2.49. The van der Waals surface area contributed by atoms with Gasteiger partial charge in [-0.1, -0.05) is 12.1 Å². The van der Waals surface area contributed by atoms with Crippen LogP contribution >= 0.6 is 24.0 Å². The highest BCUT2D eigenvalue weighted by Crippen LogP contribution is 2.22. The average Bonchev–Trinajstić information content (AvgIpc) is 2.97. The molecule has 1 aliphatic heterocycles. The molecule has 1 saturated heterocycles. The van der Waals surface area contributed by atoms with Crippen molar-refractivity contribution in [1.82, 2.24) is 10.2 Å². The SMILES string of the molecule is CCNC(=NCCNc1ccccc1[N+](=O)[O-])N1CC[C@@H](O)C1.I. The van der Waals surface area contributed by atoms with Crippen LogP contribution in [0.3, 0.4) is 0 Å². The summed E-state index contributed by atoms with van der Waals surface area (Å²) in [7, 11) is 0. The maximum absolute atomic E-state index is 11.0. The van der Waals surface area contributed by atoms with Crippen molar-refractivity contribution in [2.45, 2.75) is 19.4 Å². The Morgan fingerprint density at radius 3 is 2.88 bits per heavy atom. The van der Waals surface area contributed by atoms with Crippen LogP contribution in [0.25, 0.3) is 0 Å². The Morgan fingerprint density at radius 2 is 2.25 bits per heavy atom. The van der Waals surface area contributed by atoms with E-state index in [-0.39, 0.29) is 35.8 Å². The zero-order valence-electron chi connectivity index (χ0n) is 13.6. The molecule has 3 N–H and O–H groups in total. The number of rotatable bonds is 6. The lowest BCUT2D eigenvalue weighted by Gasteiger charge is -2.21. The van der Waals surface area contributed by atoms with Gasteiger partial charge >= 0.3 is 0 Å². The summed E-state index contributed by atoms with van der Waals surface area (Å²) in [5.74, 6) is 0.772. The Kier molecular flexibility index (Phi) is 8.76. The standard InChI is InChI=1S/C15H23N5O3.HI/c1-2-16-15(19-10-7-12(21)11-19)18-9-8-17-13-5-3-4-6-14(13)20(22)23;/h3-6,12,17,21H,2,7-11H2,1H3,(H,16,18);1H/t12-;/m1./s1. The molecule has 0 spiro atoms. The first-order valence-corrected chi connectivity index (χ1v) is 7.80. The molecule has 1 heterocycles. The first kappa shape index (κ1) is 20.4. The number of nitro benzene ring substituents is 1. The number of nitrogens with zero attached hydrogens (tertiary/aromatic N) is 3. The molecule has 0 saturated carbocycles. The number of likely N-dealkylation sites (tertiary alicyclic amines) is 1. The number of β-amino-alcohol motifs (C(OH)–C–C–N with tert-alkyl or cyclic N) is 1. The molecule has 0 aromatic heterocycles. The lowest BCUT2D eigenvalue weighted by atomic mass is 10.2. The van der Waals surface area contributed by atoms with Gasteiger partial charge in [0.25, 0.3) is 5.69 Å². The molecular formula is C15H24IN5O3. The minimum absolute atomic E-state index is 0. The molecule has 0 bridgehead atoms. The first-order valence-electron chi connectivity index (χ1n) is 7.80. The van der Waals surface area contributed by atoms with E-state index in [0.717, 1.165) is 25.5 Å². The summed E-state index contributed by atoms with van der Waals surface area (Å²) < 4.78 is 0. The molecule has 134 valence electrons. The predicted molar refractivity (Wildman–Crippen MR) is 105 cm³/mol. The van der Waals surface area contributed by atoms with Gasteiger partial charge in [0.1, 0.15) is 5.69 Å². The predicted octanol–water partition coefficient (Wildman–Crippen LogP) is 1.66. The van der Waals surface area contributed by atoms with E-state index in [1.54, 1.807) is 18.2 Å². The van der Waals surface area contributed by atoms with Crippen molar-refractivity contribution in [2.24, 2.45) is 4.99 Å². The average molecular weight is 449 g/mol. The van der Waals surface area contributed by atoms with Gasteiger partial charge in [-0.2, -0.15) is 0 Å². The lowest BCUT2D eigenvalue weighted by Crippen LogP contribution is -2.40. The molecule has 0 radical (unpaired) electrons. The number of nitro groups is 1. The number of anilines is 1. The molecular weight excluding hydrogens is 425 g/mol. The minimum atomic E-state index is -0.401. The van der Waals surface area contributed by atoms with E-state index >= 15 is 0 Å². The van der Waals surface area contributed by atoms with Crippen LogP contribution in [0.15, 0.2) is 29.3 Å². The summed E-state index contributed by atoms with van der Waals surface area (Å²) >= 11 is 0. The summed E-state index contributed by atoms with van der Waals surface area (Å²) in [6.45, 7) is 5.10. The highest BCUT2D eigenvalue weighted by atomic mass is 127. The van der Waals surface area contributed by atoms with Crippen LogP contribution in [0.2, 0.25) is 0 Å². The second-order valence-corrected chi connectivity index (χ2v) is 5.33. The number of nitrogens with one attached hydrogen (secondary N) is 2. The molecule has 0 amide bonds.